The largest absolute Gasteiger partial charge is 0.481 e. The number of alkyl halides is 3. The molecule has 2 aliphatic carbocycles. The molecule has 1 N–H and O–H groups in total. The molecule has 2 rings (SSSR count). The van der Waals surface area contributed by atoms with E-state index in [0.717, 1.165) is 12.8 Å². The van der Waals surface area contributed by atoms with Crippen molar-refractivity contribution in [2.75, 3.05) is 7.11 Å². The fourth-order valence-electron chi connectivity index (χ4n) is 3.23. The number of ether oxygens (including phenoxy) is 1. The minimum atomic E-state index is -4.60. The molecule has 0 radical (unpaired) electrons. The molecule has 2 fully saturated rings. The third-order valence-corrected chi connectivity index (χ3v) is 4.71. The summed E-state index contributed by atoms with van der Waals surface area (Å²) >= 11 is 0. The van der Waals surface area contributed by atoms with Gasteiger partial charge in [0.2, 0.25) is 0 Å². The molecule has 20 heavy (non-hydrogen) atoms. The second-order valence-electron chi connectivity index (χ2n) is 5.81. The van der Waals surface area contributed by atoms with Crippen molar-refractivity contribution in [1.29, 1.82) is 0 Å². The molecule has 0 aromatic rings. The molecule has 0 amide bonds. The van der Waals surface area contributed by atoms with Crippen molar-refractivity contribution in [3.05, 3.63) is 0 Å². The number of rotatable bonds is 3. The van der Waals surface area contributed by atoms with E-state index in [1.807, 2.05) is 0 Å². The van der Waals surface area contributed by atoms with Gasteiger partial charge in [-0.25, -0.2) is 0 Å². The third-order valence-electron chi connectivity index (χ3n) is 4.71. The van der Waals surface area contributed by atoms with Crippen LogP contribution >= 0.6 is 0 Å². The van der Waals surface area contributed by atoms with Crippen LogP contribution in [0.4, 0.5) is 13.2 Å². The standard InChI is InChI=1S/C9H11F3O2.C5H12O/c10-9(11,12)8(7(13)14)4-5-1-2-6(8)3-5;1-4-5(2)6-3/h5-6H,1-4H2,(H,13,14);5H,4H2,1-3H3. The SMILES string of the molecule is CCC(C)OC.O=C(O)C1(C(F)(F)F)CC2CCC1C2. The number of carbonyl (C=O) groups is 1. The third kappa shape index (κ3) is 3.10. The highest BCUT2D eigenvalue weighted by atomic mass is 19.4. The maximum Gasteiger partial charge on any atom is 0.405 e. The quantitative estimate of drug-likeness (QED) is 0.860. The van der Waals surface area contributed by atoms with E-state index in [1.54, 1.807) is 7.11 Å². The smallest absolute Gasteiger partial charge is 0.405 e. The van der Waals surface area contributed by atoms with Gasteiger partial charge in [-0.05, 0) is 44.4 Å². The maximum atomic E-state index is 12.7. The molecule has 0 saturated heterocycles. The van der Waals surface area contributed by atoms with Gasteiger partial charge in [-0.15, -0.1) is 0 Å². The van der Waals surface area contributed by atoms with Crippen LogP contribution in [-0.4, -0.2) is 30.5 Å². The number of aliphatic carboxylic acids is 1. The first-order chi connectivity index (χ1) is 9.18. The Hall–Kier alpha value is -0.780. The Labute approximate surface area is 117 Å². The van der Waals surface area contributed by atoms with Crippen LogP contribution in [-0.2, 0) is 9.53 Å². The lowest BCUT2D eigenvalue weighted by molar-refractivity contribution is -0.244. The minimum Gasteiger partial charge on any atom is -0.481 e. The Morgan fingerprint density at radius 3 is 2.20 bits per heavy atom. The molecule has 0 spiro atoms. The summed E-state index contributed by atoms with van der Waals surface area (Å²) in [7, 11) is 1.73. The summed E-state index contributed by atoms with van der Waals surface area (Å²) in [6.07, 6.45) is -1.66. The number of hydrogen-bond donors (Lipinski definition) is 1. The molecule has 4 unspecified atom stereocenters. The van der Waals surface area contributed by atoms with Crippen molar-refractivity contribution < 1.29 is 27.8 Å². The summed E-state index contributed by atoms with van der Waals surface area (Å²) in [5.41, 5.74) is -2.43. The second-order valence-corrected chi connectivity index (χ2v) is 5.81. The minimum absolute atomic E-state index is 0.0299. The summed E-state index contributed by atoms with van der Waals surface area (Å²) in [5.74, 6) is -2.40. The van der Waals surface area contributed by atoms with Crippen molar-refractivity contribution in [2.24, 2.45) is 17.3 Å². The number of halogens is 3. The van der Waals surface area contributed by atoms with Crippen LogP contribution in [0.25, 0.3) is 0 Å². The molecule has 2 saturated carbocycles. The highest BCUT2D eigenvalue weighted by Crippen LogP contribution is 2.62. The number of fused-ring (bicyclic) bond motifs is 2. The molecule has 2 aliphatic rings. The normalized spacial score (nSPS) is 33.5. The Balaban J connectivity index is 0.000000286. The van der Waals surface area contributed by atoms with Crippen LogP contribution in [0.3, 0.4) is 0 Å². The Kier molecular flexibility index (Phi) is 5.46. The fraction of sp³-hybridized carbons (Fsp3) is 0.929. The first-order valence-corrected chi connectivity index (χ1v) is 7.01. The van der Waals surface area contributed by atoms with Gasteiger partial charge in [0.1, 0.15) is 0 Å². The van der Waals surface area contributed by atoms with E-state index in [-0.39, 0.29) is 12.3 Å². The average Bonchev–Trinajstić information content (AvgIpc) is 2.98. The Morgan fingerprint density at radius 2 is 2.05 bits per heavy atom. The van der Waals surface area contributed by atoms with Crippen LogP contribution in [0, 0.1) is 17.3 Å². The summed E-state index contributed by atoms with van der Waals surface area (Å²) in [6, 6.07) is 0. The monoisotopic (exact) mass is 296 g/mol. The molecular weight excluding hydrogens is 273 g/mol. The molecule has 2 bridgehead atoms. The predicted octanol–water partition coefficient (Wildman–Crippen LogP) is 3.87. The zero-order chi connectivity index (χ0) is 15.6. The highest BCUT2D eigenvalue weighted by Gasteiger charge is 2.69. The van der Waals surface area contributed by atoms with Crippen molar-refractivity contribution >= 4 is 5.97 Å². The molecule has 0 aliphatic heterocycles. The summed E-state index contributed by atoms with van der Waals surface area (Å²) in [4.78, 5) is 10.8. The molecule has 3 nitrogen and oxygen atoms in total. The van der Waals surface area contributed by atoms with Gasteiger partial charge in [0.15, 0.2) is 5.41 Å². The van der Waals surface area contributed by atoms with Crippen LogP contribution in [0.1, 0.15) is 46.0 Å². The maximum absolute atomic E-state index is 12.7. The lowest BCUT2D eigenvalue weighted by Gasteiger charge is -2.35. The fourth-order valence-corrected chi connectivity index (χ4v) is 3.23. The summed E-state index contributed by atoms with van der Waals surface area (Å²) < 4.78 is 43.1. The van der Waals surface area contributed by atoms with E-state index in [2.05, 4.69) is 13.8 Å². The van der Waals surface area contributed by atoms with Crippen LogP contribution < -0.4 is 0 Å². The van der Waals surface area contributed by atoms with Gasteiger partial charge < -0.3 is 9.84 Å². The van der Waals surface area contributed by atoms with Crippen LogP contribution in [0.15, 0.2) is 0 Å². The molecule has 0 aromatic carbocycles. The lowest BCUT2D eigenvalue weighted by Crippen LogP contribution is -2.48. The molecular formula is C14H23F3O3. The van der Waals surface area contributed by atoms with Gasteiger partial charge in [-0.1, -0.05) is 13.3 Å². The predicted molar refractivity (Wildman–Crippen MR) is 68.3 cm³/mol. The van der Waals surface area contributed by atoms with Gasteiger partial charge in [0.25, 0.3) is 0 Å². The number of methoxy groups -OCH3 is 1. The first-order valence-electron chi connectivity index (χ1n) is 7.01. The van der Waals surface area contributed by atoms with Gasteiger partial charge in [-0.3, -0.25) is 4.79 Å². The Bertz CT molecular complexity index is 339. The van der Waals surface area contributed by atoms with Gasteiger partial charge in [-0.2, -0.15) is 13.2 Å². The van der Waals surface area contributed by atoms with Crippen molar-refractivity contribution in [3.8, 4) is 0 Å². The van der Waals surface area contributed by atoms with Gasteiger partial charge in [0.05, 0.1) is 6.10 Å². The van der Waals surface area contributed by atoms with E-state index in [0.29, 0.717) is 18.9 Å². The average molecular weight is 296 g/mol. The first kappa shape index (κ1) is 17.3. The summed E-state index contributed by atoms with van der Waals surface area (Å²) in [6.45, 7) is 4.16. The van der Waals surface area contributed by atoms with E-state index in [9.17, 15) is 18.0 Å². The van der Waals surface area contributed by atoms with Gasteiger partial charge in [0, 0.05) is 7.11 Å². The number of carboxylic acid groups (broad SMARTS) is 1. The van der Waals surface area contributed by atoms with E-state index in [4.69, 9.17) is 9.84 Å². The molecule has 6 heteroatoms. The van der Waals surface area contributed by atoms with E-state index >= 15 is 0 Å². The second kappa shape index (κ2) is 6.33. The molecule has 118 valence electrons. The van der Waals surface area contributed by atoms with Crippen LogP contribution in [0.5, 0.6) is 0 Å². The molecule has 0 heterocycles. The van der Waals surface area contributed by atoms with E-state index < -0.39 is 23.5 Å². The zero-order valence-electron chi connectivity index (χ0n) is 12.2. The highest BCUT2D eigenvalue weighted by molar-refractivity contribution is 5.77. The van der Waals surface area contributed by atoms with Crippen molar-refractivity contribution in [1.82, 2.24) is 0 Å². The van der Waals surface area contributed by atoms with Crippen molar-refractivity contribution in [3.63, 3.8) is 0 Å². The van der Waals surface area contributed by atoms with Gasteiger partial charge >= 0.3 is 12.1 Å². The van der Waals surface area contributed by atoms with Crippen LogP contribution in [0.2, 0.25) is 0 Å². The topological polar surface area (TPSA) is 46.5 Å². The zero-order valence-corrected chi connectivity index (χ0v) is 12.2. The number of hydrogen-bond acceptors (Lipinski definition) is 2. The van der Waals surface area contributed by atoms with Crippen molar-refractivity contribution in [2.45, 2.75) is 58.2 Å². The van der Waals surface area contributed by atoms with E-state index in [1.165, 1.54) is 0 Å². The Morgan fingerprint density at radius 1 is 1.45 bits per heavy atom. The summed E-state index contributed by atoms with van der Waals surface area (Å²) in [5, 5.41) is 8.80. The number of carboxylic acids is 1. The molecule has 0 aromatic heterocycles. The molecule has 4 atom stereocenters. The lowest BCUT2D eigenvalue weighted by atomic mass is 9.72.